The summed E-state index contributed by atoms with van der Waals surface area (Å²) in [7, 11) is -3.57. The van der Waals surface area contributed by atoms with Gasteiger partial charge >= 0.3 is 6.03 Å². The number of nitrogens with zero attached hydrogens (tertiary/aromatic N) is 1. The van der Waals surface area contributed by atoms with E-state index in [-0.39, 0.29) is 17.5 Å². The molecule has 2 amide bonds. The van der Waals surface area contributed by atoms with Crippen molar-refractivity contribution in [1.29, 1.82) is 0 Å². The standard InChI is InChI=1S/C17H21N3O3S2/c1-2-8-18-17(21)20-9-7-13-11-15(5-6-16(13)20)25(22,23)19-12-14-4-3-10-24-14/h3-6,10-11,19H,2,7-9,12H2,1H3,(H,18,21). The highest BCUT2D eigenvalue weighted by Crippen LogP contribution is 2.30. The van der Waals surface area contributed by atoms with Crippen LogP contribution in [0.15, 0.2) is 40.6 Å². The van der Waals surface area contributed by atoms with Crippen molar-refractivity contribution in [2.24, 2.45) is 0 Å². The van der Waals surface area contributed by atoms with Crippen molar-refractivity contribution in [3.63, 3.8) is 0 Å². The molecular weight excluding hydrogens is 358 g/mol. The van der Waals surface area contributed by atoms with E-state index in [1.165, 1.54) is 11.3 Å². The van der Waals surface area contributed by atoms with Crippen LogP contribution in [0.3, 0.4) is 0 Å². The van der Waals surface area contributed by atoms with Gasteiger partial charge in [0.15, 0.2) is 0 Å². The fourth-order valence-corrected chi connectivity index (χ4v) is 4.54. The molecule has 2 heterocycles. The highest BCUT2D eigenvalue weighted by molar-refractivity contribution is 7.89. The number of fused-ring (bicyclic) bond motifs is 1. The molecule has 0 fully saturated rings. The third kappa shape index (κ3) is 4.02. The van der Waals surface area contributed by atoms with E-state index >= 15 is 0 Å². The van der Waals surface area contributed by atoms with Gasteiger partial charge in [-0.05, 0) is 48.1 Å². The Morgan fingerprint density at radius 1 is 1.32 bits per heavy atom. The highest BCUT2D eigenvalue weighted by atomic mass is 32.2. The summed E-state index contributed by atoms with van der Waals surface area (Å²) >= 11 is 1.51. The van der Waals surface area contributed by atoms with Crippen LogP contribution >= 0.6 is 11.3 Å². The van der Waals surface area contributed by atoms with Crippen LogP contribution in [0.5, 0.6) is 0 Å². The first-order valence-corrected chi connectivity index (χ1v) is 10.6. The number of nitrogens with one attached hydrogen (secondary N) is 2. The van der Waals surface area contributed by atoms with E-state index < -0.39 is 10.0 Å². The molecule has 0 aliphatic carbocycles. The van der Waals surface area contributed by atoms with Gasteiger partial charge in [0.25, 0.3) is 0 Å². The first-order valence-electron chi connectivity index (χ1n) is 8.21. The molecular formula is C17H21N3O3S2. The van der Waals surface area contributed by atoms with E-state index in [1.54, 1.807) is 23.1 Å². The number of amides is 2. The maximum absolute atomic E-state index is 12.5. The number of hydrogen-bond donors (Lipinski definition) is 2. The Morgan fingerprint density at radius 3 is 2.88 bits per heavy atom. The molecule has 1 aromatic carbocycles. The second kappa shape index (κ2) is 7.55. The Bertz CT molecular complexity index is 848. The Morgan fingerprint density at radius 2 is 2.16 bits per heavy atom. The molecule has 6 nitrogen and oxygen atoms in total. The number of sulfonamides is 1. The van der Waals surface area contributed by atoms with Gasteiger partial charge in [-0.3, -0.25) is 4.90 Å². The molecule has 0 radical (unpaired) electrons. The predicted molar refractivity (Wildman–Crippen MR) is 99.5 cm³/mol. The molecule has 0 spiro atoms. The average Bonchev–Trinajstić information content (AvgIpc) is 3.26. The topological polar surface area (TPSA) is 78.5 Å². The van der Waals surface area contributed by atoms with Crippen LogP contribution in [0.2, 0.25) is 0 Å². The van der Waals surface area contributed by atoms with Crippen molar-refractivity contribution in [3.8, 4) is 0 Å². The van der Waals surface area contributed by atoms with Gasteiger partial charge in [-0.2, -0.15) is 0 Å². The molecule has 0 bridgehead atoms. The molecule has 25 heavy (non-hydrogen) atoms. The molecule has 3 rings (SSSR count). The molecule has 0 unspecified atom stereocenters. The van der Waals surface area contributed by atoms with Crippen LogP contribution in [0.1, 0.15) is 23.8 Å². The second-order valence-corrected chi connectivity index (χ2v) is 8.63. The van der Waals surface area contributed by atoms with Crippen molar-refractivity contribution < 1.29 is 13.2 Å². The van der Waals surface area contributed by atoms with Crippen molar-refractivity contribution in [3.05, 3.63) is 46.2 Å². The van der Waals surface area contributed by atoms with Gasteiger partial charge in [-0.15, -0.1) is 11.3 Å². The quantitative estimate of drug-likeness (QED) is 0.810. The molecule has 8 heteroatoms. The average molecular weight is 380 g/mol. The zero-order valence-electron chi connectivity index (χ0n) is 14.0. The SMILES string of the molecule is CCCNC(=O)N1CCc2cc(S(=O)(=O)NCc3cccs3)ccc21. The van der Waals surface area contributed by atoms with Crippen LogP contribution in [0.25, 0.3) is 0 Å². The van der Waals surface area contributed by atoms with Gasteiger partial charge in [-0.25, -0.2) is 17.9 Å². The lowest BCUT2D eigenvalue weighted by Gasteiger charge is -2.18. The summed E-state index contributed by atoms with van der Waals surface area (Å²) in [5.41, 5.74) is 1.66. The molecule has 1 aliphatic heterocycles. The maximum Gasteiger partial charge on any atom is 0.321 e. The Kier molecular flexibility index (Phi) is 5.41. The molecule has 1 aliphatic rings. The largest absolute Gasteiger partial charge is 0.338 e. The molecule has 1 aromatic heterocycles. The minimum absolute atomic E-state index is 0.132. The van der Waals surface area contributed by atoms with Gasteiger partial charge in [-0.1, -0.05) is 13.0 Å². The summed E-state index contributed by atoms with van der Waals surface area (Å²) in [6, 6.07) is 8.59. The number of benzene rings is 1. The second-order valence-electron chi connectivity index (χ2n) is 5.83. The third-order valence-corrected chi connectivity index (χ3v) is 6.32. The van der Waals surface area contributed by atoms with E-state index in [2.05, 4.69) is 10.0 Å². The molecule has 0 saturated heterocycles. The van der Waals surface area contributed by atoms with E-state index in [1.807, 2.05) is 24.4 Å². The summed E-state index contributed by atoms with van der Waals surface area (Å²) in [6.45, 7) is 3.47. The molecule has 2 aromatic rings. The van der Waals surface area contributed by atoms with Crippen molar-refractivity contribution in [2.75, 3.05) is 18.0 Å². The van der Waals surface area contributed by atoms with E-state index in [0.29, 0.717) is 19.5 Å². The highest BCUT2D eigenvalue weighted by Gasteiger charge is 2.26. The molecule has 0 atom stereocenters. The Hall–Kier alpha value is -1.90. The fourth-order valence-electron chi connectivity index (χ4n) is 2.75. The lowest BCUT2D eigenvalue weighted by Crippen LogP contribution is -2.39. The molecule has 134 valence electrons. The number of urea groups is 1. The van der Waals surface area contributed by atoms with E-state index in [0.717, 1.165) is 22.5 Å². The summed E-state index contributed by atoms with van der Waals surface area (Å²) in [5.74, 6) is 0. The molecule has 0 saturated carbocycles. The summed E-state index contributed by atoms with van der Waals surface area (Å²) in [4.78, 5) is 15.0. The maximum atomic E-state index is 12.5. The molecule has 2 N–H and O–H groups in total. The van der Waals surface area contributed by atoms with Crippen molar-refractivity contribution in [2.45, 2.75) is 31.2 Å². The minimum Gasteiger partial charge on any atom is -0.338 e. The minimum atomic E-state index is -3.57. The fraction of sp³-hybridized carbons (Fsp3) is 0.353. The van der Waals surface area contributed by atoms with Crippen LogP contribution in [0, 0.1) is 0 Å². The van der Waals surface area contributed by atoms with Crippen LogP contribution in [-0.4, -0.2) is 27.5 Å². The Labute approximate surface area is 151 Å². The summed E-state index contributed by atoms with van der Waals surface area (Å²) < 4.78 is 27.6. The third-order valence-electron chi connectivity index (χ3n) is 4.04. The zero-order chi connectivity index (χ0) is 17.9. The number of rotatable bonds is 6. The first-order chi connectivity index (χ1) is 12.0. The number of carbonyl (C=O) groups is 1. The van der Waals surface area contributed by atoms with E-state index in [4.69, 9.17) is 0 Å². The predicted octanol–water partition coefficient (Wildman–Crippen LogP) is 2.71. The van der Waals surface area contributed by atoms with Gasteiger partial charge in [0.1, 0.15) is 0 Å². The number of hydrogen-bond acceptors (Lipinski definition) is 4. The summed E-state index contributed by atoms with van der Waals surface area (Å²) in [5, 5.41) is 4.77. The monoisotopic (exact) mass is 379 g/mol. The normalized spacial score (nSPS) is 13.7. The first kappa shape index (κ1) is 17.9. The van der Waals surface area contributed by atoms with Crippen LogP contribution in [-0.2, 0) is 23.0 Å². The van der Waals surface area contributed by atoms with Crippen molar-refractivity contribution >= 4 is 33.1 Å². The van der Waals surface area contributed by atoms with Gasteiger partial charge in [0.2, 0.25) is 10.0 Å². The number of anilines is 1. The summed E-state index contributed by atoms with van der Waals surface area (Å²) in [6.07, 6.45) is 1.53. The lowest BCUT2D eigenvalue weighted by atomic mass is 10.2. The van der Waals surface area contributed by atoms with Gasteiger partial charge in [0.05, 0.1) is 4.90 Å². The van der Waals surface area contributed by atoms with Crippen molar-refractivity contribution in [1.82, 2.24) is 10.0 Å². The number of thiophene rings is 1. The van der Waals surface area contributed by atoms with Gasteiger partial charge < -0.3 is 5.32 Å². The Balaban J connectivity index is 1.74. The van der Waals surface area contributed by atoms with Crippen LogP contribution < -0.4 is 14.9 Å². The van der Waals surface area contributed by atoms with Crippen LogP contribution in [0.4, 0.5) is 10.5 Å². The smallest absolute Gasteiger partial charge is 0.321 e. The zero-order valence-corrected chi connectivity index (χ0v) is 15.6. The lowest BCUT2D eigenvalue weighted by molar-refractivity contribution is 0.247. The van der Waals surface area contributed by atoms with E-state index in [9.17, 15) is 13.2 Å². The van der Waals surface area contributed by atoms with Gasteiger partial charge in [0, 0.05) is 30.2 Å². The number of carbonyl (C=O) groups excluding carboxylic acids is 1.